The van der Waals surface area contributed by atoms with Crippen molar-refractivity contribution in [2.24, 2.45) is 28.9 Å². The van der Waals surface area contributed by atoms with Gasteiger partial charge in [0.1, 0.15) is 5.60 Å². The minimum absolute atomic E-state index is 0.0274. The molecule has 3 nitrogen and oxygen atoms in total. The van der Waals surface area contributed by atoms with Crippen LogP contribution in [0.4, 0.5) is 8.78 Å². The van der Waals surface area contributed by atoms with Gasteiger partial charge in [0.05, 0.1) is 6.42 Å². The molecule has 2 fully saturated rings. The van der Waals surface area contributed by atoms with E-state index in [9.17, 15) is 13.6 Å². The van der Waals surface area contributed by atoms with Crippen molar-refractivity contribution in [1.29, 1.82) is 0 Å². The van der Waals surface area contributed by atoms with Gasteiger partial charge >= 0.3 is 5.97 Å². The highest BCUT2D eigenvalue weighted by Crippen LogP contribution is 2.60. The monoisotopic (exact) mass is 341 g/mol. The van der Waals surface area contributed by atoms with Crippen LogP contribution in [0.25, 0.3) is 0 Å². The smallest absolute Gasteiger partial charge is 0.306 e. The molecule has 3 aliphatic carbocycles. The molecule has 0 aromatic carbocycles. The number of hydrogen-bond donors (Lipinski definition) is 1. The van der Waals surface area contributed by atoms with E-state index in [1.165, 1.54) is 5.57 Å². The highest BCUT2D eigenvalue weighted by Gasteiger charge is 2.56. The van der Waals surface area contributed by atoms with Gasteiger partial charge < -0.3 is 10.5 Å². The summed E-state index contributed by atoms with van der Waals surface area (Å²) in [7, 11) is 0. The van der Waals surface area contributed by atoms with E-state index in [-0.39, 0.29) is 30.1 Å². The van der Waals surface area contributed by atoms with Crippen molar-refractivity contribution in [2.75, 3.05) is 6.54 Å². The summed E-state index contributed by atoms with van der Waals surface area (Å²) in [6, 6.07) is 0. The van der Waals surface area contributed by atoms with E-state index in [2.05, 4.69) is 6.08 Å². The van der Waals surface area contributed by atoms with Gasteiger partial charge in [0.25, 0.3) is 0 Å². The van der Waals surface area contributed by atoms with Gasteiger partial charge in [-0.3, -0.25) is 4.79 Å². The Morgan fingerprint density at radius 1 is 1.33 bits per heavy atom. The minimum atomic E-state index is -2.44. The second kappa shape index (κ2) is 5.79. The van der Waals surface area contributed by atoms with Gasteiger partial charge in [0, 0.05) is 12.8 Å². The summed E-state index contributed by atoms with van der Waals surface area (Å²) in [5.41, 5.74) is 6.64. The van der Waals surface area contributed by atoms with Crippen LogP contribution in [0.3, 0.4) is 0 Å². The van der Waals surface area contributed by atoms with E-state index in [1.807, 2.05) is 20.8 Å². The molecule has 3 aliphatic rings. The van der Waals surface area contributed by atoms with Crippen LogP contribution >= 0.6 is 0 Å². The van der Waals surface area contributed by atoms with E-state index in [1.54, 1.807) is 0 Å². The maximum Gasteiger partial charge on any atom is 0.306 e. The van der Waals surface area contributed by atoms with Crippen LogP contribution < -0.4 is 5.73 Å². The van der Waals surface area contributed by atoms with Crippen molar-refractivity contribution in [3.05, 3.63) is 11.6 Å². The second-order valence-electron chi connectivity index (χ2n) is 9.18. The number of halogens is 2. The number of alkyl halides is 2. The molecule has 0 aromatic rings. The highest BCUT2D eigenvalue weighted by atomic mass is 19.3. The molecule has 0 heterocycles. The first kappa shape index (κ1) is 17.8. The zero-order valence-electron chi connectivity index (χ0n) is 14.9. The lowest BCUT2D eigenvalue weighted by Gasteiger charge is -2.51. The third-order valence-electron chi connectivity index (χ3n) is 5.87. The number of rotatable bonds is 5. The SMILES string of the molecule is CC(C)(C)OC(=O)C[C@@]1(CN)C[C@H]2CC(CC3CC(F)(F)C3)=C[C@H]21. The summed E-state index contributed by atoms with van der Waals surface area (Å²) < 4.78 is 31.5. The first-order valence-corrected chi connectivity index (χ1v) is 9.01. The normalized spacial score (nSPS) is 34.8. The molecule has 0 radical (unpaired) electrons. The van der Waals surface area contributed by atoms with Gasteiger partial charge in [-0.05, 0) is 69.7 Å². The maximum atomic E-state index is 13.0. The van der Waals surface area contributed by atoms with Crippen LogP contribution in [0.2, 0.25) is 0 Å². The summed E-state index contributed by atoms with van der Waals surface area (Å²) in [6.45, 7) is 6.07. The molecule has 0 aromatic heterocycles. The third kappa shape index (κ3) is 3.51. The van der Waals surface area contributed by atoms with Crippen LogP contribution in [-0.2, 0) is 9.53 Å². The number of carbonyl (C=O) groups excluding carboxylic acids is 1. The van der Waals surface area contributed by atoms with Crippen molar-refractivity contribution in [2.45, 2.75) is 70.8 Å². The summed E-state index contributed by atoms with van der Waals surface area (Å²) in [4.78, 5) is 12.2. The van der Waals surface area contributed by atoms with Gasteiger partial charge in [0.2, 0.25) is 5.92 Å². The van der Waals surface area contributed by atoms with Gasteiger partial charge in [-0.2, -0.15) is 0 Å². The molecule has 3 rings (SSSR count). The average Bonchev–Trinajstić information content (AvgIpc) is 2.70. The third-order valence-corrected chi connectivity index (χ3v) is 5.87. The molecular formula is C19H29F2NO2. The fraction of sp³-hybridized carbons (Fsp3) is 0.842. The predicted molar refractivity (Wildman–Crippen MR) is 88.5 cm³/mol. The Bertz CT molecular complexity index is 544. The van der Waals surface area contributed by atoms with Crippen LogP contribution in [0.5, 0.6) is 0 Å². The molecule has 0 amide bonds. The first-order valence-electron chi connectivity index (χ1n) is 9.01. The lowest BCUT2D eigenvalue weighted by atomic mass is 9.53. The van der Waals surface area contributed by atoms with Crippen LogP contribution in [0.15, 0.2) is 11.6 Å². The molecule has 2 saturated carbocycles. The van der Waals surface area contributed by atoms with E-state index >= 15 is 0 Å². The molecule has 5 heteroatoms. The highest BCUT2D eigenvalue weighted by molar-refractivity contribution is 5.71. The first-order chi connectivity index (χ1) is 11.0. The number of ether oxygens (including phenoxy) is 1. The zero-order valence-corrected chi connectivity index (χ0v) is 14.9. The van der Waals surface area contributed by atoms with Crippen molar-refractivity contribution in [3.63, 3.8) is 0 Å². The molecular weight excluding hydrogens is 312 g/mol. The molecule has 0 unspecified atom stereocenters. The Balaban J connectivity index is 1.58. The Morgan fingerprint density at radius 2 is 2.00 bits per heavy atom. The number of hydrogen-bond acceptors (Lipinski definition) is 3. The molecule has 0 spiro atoms. The second-order valence-corrected chi connectivity index (χ2v) is 9.18. The predicted octanol–water partition coefficient (Wildman–Crippen LogP) is 4.06. The molecule has 3 atom stereocenters. The number of allylic oxidation sites excluding steroid dienone is 2. The average molecular weight is 341 g/mol. The lowest BCUT2D eigenvalue weighted by Crippen LogP contribution is -2.51. The largest absolute Gasteiger partial charge is 0.460 e. The molecule has 24 heavy (non-hydrogen) atoms. The molecule has 2 N–H and O–H groups in total. The summed E-state index contributed by atoms with van der Waals surface area (Å²) >= 11 is 0. The standard InChI is InChI=1S/C19H29F2NO2/c1-17(2,3)24-16(23)10-18(11-22)9-14-5-12(6-15(14)18)4-13-7-19(20,21)8-13/h6,13-15H,4-5,7-11,22H2,1-3H3/t14-,15-,18-/m1/s1. The topological polar surface area (TPSA) is 52.3 Å². The Hall–Kier alpha value is -0.970. The van der Waals surface area contributed by atoms with E-state index in [0.717, 1.165) is 19.3 Å². The van der Waals surface area contributed by atoms with Crippen molar-refractivity contribution < 1.29 is 18.3 Å². The van der Waals surface area contributed by atoms with Gasteiger partial charge in [-0.25, -0.2) is 8.78 Å². The summed E-state index contributed by atoms with van der Waals surface area (Å²) in [5, 5.41) is 0. The van der Waals surface area contributed by atoms with Crippen molar-refractivity contribution in [1.82, 2.24) is 0 Å². The van der Waals surface area contributed by atoms with Gasteiger partial charge in [-0.1, -0.05) is 11.6 Å². The van der Waals surface area contributed by atoms with Crippen molar-refractivity contribution >= 4 is 5.97 Å². The van der Waals surface area contributed by atoms with Crippen LogP contribution in [0, 0.1) is 23.2 Å². The van der Waals surface area contributed by atoms with E-state index < -0.39 is 11.5 Å². The number of carbonyl (C=O) groups is 1. The van der Waals surface area contributed by atoms with Crippen molar-refractivity contribution in [3.8, 4) is 0 Å². The van der Waals surface area contributed by atoms with Crippen LogP contribution in [-0.4, -0.2) is 24.0 Å². The Kier molecular flexibility index (Phi) is 4.30. The quantitative estimate of drug-likeness (QED) is 0.606. The van der Waals surface area contributed by atoms with E-state index in [0.29, 0.717) is 24.8 Å². The summed E-state index contributed by atoms with van der Waals surface area (Å²) in [6.07, 6.45) is 5.36. The lowest BCUT2D eigenvalue weighted by molar-refractivity contribution is -0.162. The molecule has 136 valence electrons. The Morgan fingerprint density at radius 3 is 2.54 bits per heavy atom. The Labute approximate surface area is 143 Å². The van der Waals surface area contributed by atoms with Gasteiger partial charge in [0.15, 0.2) is 0 Å². The minimum Gasteiger partial charge on any atom is -0.460 e. The number of nitrogens with two attached hydrogens (primary N) is 1. The van der Waals surface area contributed by atoms with Gasteiger partial charge in [-0.15, -0.1) is 0 Å². The number of fused-ring (bicyclic) bond motifs is 1. The van der Waals surface area contributed by atoms with Crippen LogP contribution in [0.1, 0.15) is 59.3 Å². The maximum absolute atomic E-state index is 13.0. The fourth-order valence-electron chi connectivity index (χ4n) is 4.89. The molecule has 0 aliphatic heterocycles. The molecule has 0 saturated heterocycles. The molecule has 0 bridgehead atoms. The fourth-order valence-corrected chi connectivity index (χ4v) is 4.89. The van der Waals surface area contributed by atoms with E-state index in [4.69, 9.17) is 10.5 Å². The summed E-state index contributed by atoms with van der Waals surface area (Å²) in [5.74, 6) is -1.66. The number of esters is 1. The zero-order chi connectivity index (χ0) is 17.8.